The third kappa shape index (κ3) is 1.37. The highest BCUT2D eigenvalue weighted by atomic mass is 16.8. The zero-order valence-electron chi connectivity index (χ0n) is 7.26. The van der Waals surface area contributed by atoms with Crippen molar-refractivity contribution in [3.63, 3.8) is 0 Å². The third-order valence-corrected chi connectivity index (χ3v) is 1.62. The molecule has 0 saturated carbocycles. The van der Waals surface area contributed by atoms with Crippen LogP contribution in [0.3, 0.4) is 0 Å². The Hall–Kier alpha value is -2.11. The summed E-state index contributed by atoms with van der Waals surface area (Å²) in [5.41, 5.74) is 0.639. The van der Waals surface area contributed by atoms with Gasteiger partial charge in [-0.2, -0.15) is 0 Å². The SMILES string of the molecule is CC(=O)Oc1ccc2c(c1)no[n+]2[O-]. The average molecular weight is 194 g/mol. The second kappa shape index (κ2) is 2.99. The van der Waals surface area contributed by atoms with Crippen LogP contribution in [0.15, 0.2) is 22.8 Å². The lowest BCUT2D eigenvalue weighted by molar-refractivity contribution is -0.782. The Balaban J connectivity index is 2.46. The van der Waals surface area contributed by atoms with Gasteiger partial charge in [-0.25, -0.2) is 0 Å². The Bertz CT molecular complexity index is 491. The molecule has 0 aliphatic carbocycles. The molecule has 2 rings (SSSR count). The van der Waals surface area contributed by atoms with Crippen molar-refractivity contribution >= 4 is 17.0 Å². The number of carbonyl (C=O) groups is 1. The van der Waals surface area contributed by atoms with Crippen LogP contribution in [-0.2, 0) is 4.79 Å². The van der Waals surface area contributed by atoms with Gasteiger partial charge >= 0.3 is 5.97 Å². The number of fused-ring (bicyclic) bond motifs is 1. The van der Waals surface area contributed by atoms with Gasteiger partial charge in [0.05, 0.1) is 0 Å². The lowest BCUT2D eigenvalue weighted by atomic mass is 10.3. The maximum absolute atomic E-state index is 10.9. The summed E-state index contributed by atoms with van der Waals surface area (Å²) in [6.07, 6.45) is 0. The molecule has 0 aliphatic heterocycles. The molecule has 0 N–H and O–H groups in total. The van der Waals surface area contributed by atoms with Crippen LogP contribution in [0.1, 0.15) is 6.92 Å². The van der Waals surface area contributed by atoms with E-state index in [4.69, 9.17) is 4.74 Å². The number of benzene rings is 1. The fraction of sp³-hybridized carbons (Fsp3) is 0.125. The highest BCUT2D eigenvalue weighted by Gasteiger charge is 2.10. The number of esters is 1. The van der Waals surface area contributed by atoms with Crippen LogP contribution in [0.25, 0.3) is 11.0 Å². The molecule has 0 saturated heterocycles. The molecule has 1 aromatic carbocycles. The molecule has 14 heavy (non-hydrogen) atoms. The third-order valence-electron chi connectivity index (χ3n) is 1.62. The van der Waals surface area contributed by atoms with E-state index >= 15 is 0 Å². The van der Waals surface area contributed by atoms with E-state index in [-0.39, 0.29) is 4.90 Å². The van der Waals surface area contributed by atoms with Crippen molar-refractivity contribution in [2.75, 3.05) is 0 Å². The van der Waals surface area contributed by atoms with Gasteiger partial charge in [0, 0.05) is 18.1 Å². The van der Waals surface area contributed by atoms with E-state index in [2.05, 4.69) is 9.79 Å². The topological polar surface area (TPSA) is 79.3 Å². The quantitative estimate of drug-likeness (QED) is 0.372. The Labute approximate surface area is 78.2 Å². The average Bonchev–Trinajstić information content (AvgIpc) is 2.46. The molecule has 0 aliphatic rings. The predicted molar refractivity (Wildman–Crippen MR) is 44.3 cm³/mol. The van der Waals surface area contributed by atoms with Crippen molar-refractivity contribution in [3.8, 4) is 5.75 Å². The summed E-state index contributed by atoms with van der Waals surface area (Å²) in [4.78, 5) is 10.9. The molecule has 0 atom stereocenters. The fourth-order valence-corrected chi connectivity index (χ4v) is 1.09. The van der Waals surface area contributed by atoms with Crippen molar-refractivity contribution in [3.05, 3.63) is 23.4 Å². The largest absolute Gasteiger partial charge is 0.427 e. The summed E-state index contributed by atoms with van der Waals surface area (Å²) < 4.78 is 9.15. The van der Waals surface area contributed by atoms with E-state index in [0.29, 0.717) is 16.8 Å². The number of hydrogen-bond donors (Lipinski definition) is 0. The summed E-state index contributed by atoms with van der Waals surface area (Å²) in [6.45, 7) is 1.29. The minimum absolute atomic E-state index is 0.285. The summed E-state index contributed by atoms with van der Waals surface area (Å²) >= 11 is 0. The van der Waals surface area contributed by atoms with E-state index in [0.717, 1.165) is 0 Å². The number of hydrogen-bond acceptors (Lipinski definition) is 5. The lowest BCUT2D eigenvalue weighted by Gasteiger charge is -1.97. The fourth-order valence-electron chi connectivity index (χ4n) is 1.09. The normalized spacial score (nSPS) is 10.4. The monoisotopic (exact) mass is 194 g/mol. The summed E-state index contributed by atoms with van der Waals surface area (Å²) in [5.74, 6) is -0.0956. The number of aromatic nitrogens is 2. The molecule has 0 amide bonds. The molecule has 1 aromatic heterocycles. The molecule has 72 valence electrons. The molecule has 6 nitrogen and oxygen atoms in total. The second-order valence-electron chi connectivity index (χ2n) is 2.67. The highest BCUT2D eigenvalue weighted by molar-refractivity contribution is 5.75. The summed E-state index contributed by atoms with van der Waals surface area (Å²) in [6, 6.07) is 4.42. The van der Waals surface area contributed by atoms with Crippen molar-refractivity contribution in [1.29, 1.82) is 0 Å². The van der Waals surface area contributed by atoms with Gasteiger partial charge < -0.3 is 9.94 Å². The molecule has 0 unspecified atom stereocenters. The maximum Gasteiger partial charge on any atom is 0.308 e. The van der Waals surface area contributed by atoms with Crippen molar-refractivity contribution < 1.29 is 19.1 Å². The van der Waals surface area contributed by atoms with Crippen LogP contribution < -0.4 is 9.64 Å². The van der Waals surface area contributed by atoms with Crippen molar-refractivity contribution in [2.24, 2.45) is 0 Å². The van der Waals surface area contributed by atoms with E-state index in [1.807, 2.05) is 0 Å². The molecular weight excluding hydrogens is 188 g/mol. The minimum Gasteiger partial charge on any atom is -0.427 e. The molecule has 0 spiro atoms. The molecule has 0 radical (unpaired) electrons. The van der Waals surface area contributed by atoms with E-state index in [9.17, 15) is 10.0 Å². The van der Waals surface area contributed by atoms with Gasteiger partial charge in [-0.15, -0.1) is 0 Å². The van der Waals surface area contributed by atoms with E-state index in [1.165, 1.54) is 25.1 Å². The van der Waals surface area contributed by atoms with Crippen LogP contribution in [0.2, 0.25) is 0 Å². The zero-order chi connectivity index (χ0) is 10.1. The first kappa shape index (κ1) is 8.49. The molecule has 2 aromatic rings. The lowest BCUT2D eigenvalue weighted by Crippen LogP contribution is -2.22. The Morgan fingerprint density at radius 1 is 1.64 bits per heavy atom. The Morgan fingerprint density at radius 2 is 2.43 bits per heavy atom. The predicted octanol–water partition coefficient (Wildman–Crippen LogP) is 0.386. The van der Waals surface area contributed by atoms with E-state index < -0.39 is 5.97 Å². The Kier molecular flexibility index (Phi) is 1.81. The molecule has 0 fully saturated rings. The highest BCUT2D eigenvalue weighted by Crippen LogP contribution is 2.16. The standard InChI is InChI=1S/C8H6N2O4/c1-5(11)13-6-2-3-8-7(4-6)9-14-10(8)12/h2-4H,1H3. The first-order valence-electron chi connectivity index (χ1n) is 3.85. The first-order valence-corrected chi connectivity index (χ1v) is 3.85. The van der Waals surface area contributed by atoms with Crippen LogP contribution in [0.4, 0.5) is 0 Å². The molecule has 1 heterocycles. The van der Waals surface area contributed by atoms with Gasteiger partial charge in [-0.1, -0.05) is 0 Å². The van der Waals surface area contributed by atoms with Crippen molar-refractivity contribution in [2.45, 2.75) is 6.92 Å². The molecule has 6 heteroatoms. The van der Waals surface area contributed by atoms with E-state index in [1.54, 1.807) is 0 Å². The van der Waals surface area contributed by atoms with Crippen LogP contribution in [0, 0.1) is 5.21 Å². The van der Waals surface area contributed by atoms with Gasteiger partial charge in [0.1, 0.15) is 5.75 Å². The van der Waals surface area contributed by atoms with Gasteiger partial charge in [0.25, 0.3) is 5.52 Å². The van der Waals surface area contributed by atoms with Crippen LogP contribution >= 0.6 is 0 Å². The van der Waals surface area contributed by atoms with Crippen LogP contribution in [-0.4, -0.2) is 11.1 Å². The number of nitrogens with zero attached hydrogens (tertiary/aromatic N) is 2. The number of carbonyl (C=O) groups excluding carboxylic acids is 1. The number of ether oxygens (including phenoxy) is 1. The maximum atomic E-state index is 10.9. The molecule has 0 bridgehead atoms. The molecular formula is C8H6N2O4. The van der Waals surface area contributed by atoms with Gasteiger partial charge in [-0.3, -0.25) is 9.42 Å². The minimum atomic E-state index is -0.428. The second-order valence-corrected chi connectivity index (χ2v) is 2.67. The summed E-state index contributed by atoms with van der Waals surface area (Å²) in [5, 5.41) is 14.4. The van der Waals surface area contributed by atoms with Crippen LogP contribution in [0.5, 0.6) is 5.75 Å². The van der Waals surface area contributed by atoms with Crippen molar-refractivity contribution in [1.82, 2.24) is 5.16 Å². The summed E-state index contributed by atoms with van der Waals surface area (Å²) in [7, 11) is 0. The van der Waals surface area contributed by atoms with Gasteiger partial charge in [-0.05, 0) is 17.0 Å². The Morgan fingerprint density at radius 3 is 3.14 bits per heavy atom. The zero-order valence-corrected chi connectivity index (χ0v) is 7.26. The van der Waals surface area contributed by atoms with Gasteiger partial charge in [0.2, 0.25) is 5.52 Å². The smallest absolute Gasteiger partial charge is 0.308 e. The van der Waals surface area contributed by atoms with Gasteiger partial charge in [0.15, 0.2) is 0 Å². The first-order chi connectivity index (χ1) is 6.66. The number of rotatable bonds is 1.